The summed E-state index contributed by atoms with van der Waals surface area (Å²) in [6, 6.07) is 0.920. The molecule has 1 saturated heterocycles. The topological polar surface area (TPSA) is 52.6 Å². The average molecular weight is 268 g/mol. The molecule has 2 rings (SSSR count). The van der Waals surface area contributed by atoms with Gasteiger partial charge < -0.3 is 10.4 Å². The highest BCUT2D eigenvalue weighted by molar-refractivity contribution is 5.78. The van der Waals surface area contributed by atoms with Gasteiger partial charge in [-0.3, -0.25) is 9.69 Å². The Labute approximate surface area is 116 Å². The standard InChI is InChI=1S/C15H28N2O2/c18-11-5-9-14-8-4-10-17(14)12-15(19)16-13-6-2-1-3-7-13/h13-14,18H,1-12H2,(H,16,19). The van der Waals surface area contributed by atoms with Crippen LogP contribution in [0.1, 0.15) is 57.8 Å². The summed E-state index contributed by atoms with van der Waals surface area (Å²) in [6.07, 6.45) is 10.4. The summed E-state index contributed by atoms with van der Waals surface area (Å²) in [5.74, 6) is 0.197. The number of rotatable bonds is 6. The van der Waals surface area contributed by atoms with E-state index >= 15 is 0 Å². The minimum Gasteiger partial charge on any atom is -0.396 e. The Morgan fingerprint density at radius 1 is 1.16 bits per heavy atom. The van der Waals surface area contributed by atoms with Crippen molar-refractivity contribution < 1.29 is 9.90 Å². The molecule has 1 atom stereocenters. The lowest BCUT2D eigenvalue weighted by molar-refractivity contribution is -0.123. The Morgan fingerprint density at radius 2 is 1.95 bits per heavy atom. The fourth-order valence-electron chi connectivity index (χ4n) is 3.46. The van der Waals surface area contributed by atoms with E-state index in [9.17, 15) is 4.79 Å². The van der Waals surface area contributed by atoms with Crippen LogP contribution >= 0.6 is 0 Å². The van der Waals surface area contributed by atoms with E-state index < -0.39 is 0 Å². The summed E-state index contributed by atoms with van der Waals surface area (Å²) < 4.78 is 0. The summed E-state index contributed by atoms with van der Waals surface area (Å²) in [4.78, 5) is 14.4. The third kappa shape index (κ3) is 4.77. The van der Waals surface area contributed by atoms with Crippen molar-refractivity contribution in [3.8, 4) is 0 Å². The van der Waals surface area contributed by atoms with Gasteiger partial charge in [0, 0.05) is 18.7 Å². The first-order valence-corrected chi connectivity index (χ1v) is 7.94. The Hall–Kier alpha value is -0.610. The first kappa shape index (κ1) is 14.8. The zero-order valence-corrected chi connectivity index (χ0v) is 11.9. The fourth-order valence-corrected chi connectivity index (χ4v) is 3.46. The van der Waals surface area contributed by atoms with Gasteiger partial charge in [0.15, 0.2) is 0 Å². The number of nitrogens with zero attached hydrogens (tertiary/aromatic N) is 1. The third-order valence-electron chi connectivity index (χ3n) is 4.51. The molecule has 0 aromatic heterocycles. The van der Waals surface area contributed by atoms with Crippen molar-refractivity contribution >= 4 is 5.91 Å². The molecule has 4 nitrogen and oxygen atoms in total. The smallest absolute Gasteiger partial charge is 0.234 e. The molecule has 2 aliphatic rings. The molecule has 1 aliphatic carbocycles. The minimum absolute atomic E-state index is 0.197. The molecule has 0 aromatic carbocycles. The molecule has 19 heavy (non-hydrogen) atoms. The van der Waals surface area contributed by atoms with E-state index in [1.807, 2.05) is 0 Å². The van der Waals surface area contributed by atoms with Gasteiger partial charge in [-0.05, 0) is 45.1 Å². The average Bonchev–Trinajstić information content (AvgIpc) is 2.84. The lowest BCUT2D eigenvalue weighted by Gasteiger charge is -2.27. The van der Waals surface area contributed by atoms with Crippen molar-refractivity contribution in [2.24, 2.45) is 0 Å². The van der Waals surface area contributed by atoms with Gasteiger partial charge in [0.2, 0.25) is 5.91 Å². The number of likely N-dealkylation sites (tertiary alicyclic amines) is 1. The van der Waals surface area contributed by atoms with Crippen molar-refractivity contribution in [2.75, 3.05) is 19.7 Å². The SMILES string of the molecule is O=C(CN1CCCC1CCCO)NC1CCCCC1. The molecule has 0 radical (unpaired) electrons. The molecule has 1 heterocycles. The van der Waals surface area contributed by atoms with Gasteiger partial charge in [-0.1, -0.05) is 19.3 Å². The van der Waals surface area contributed by atoms with Crippen LogP contribution in [-0.4, -0.2) is 47.7 Å². The van der Waals surface area contributed by atoms with Crippen LogP contribution in [-0.2, 0) is 4.79 Å². The Balaban J connectivity index is 1.71. The number of aliphatic hydroxyl groups is 1. The second-order valence-electron chi connectivity index (χ2n) is 6.03. The van der Waals surface area contributed by atoms with Gasteiger partial charge in [0.05, 0.1) is 6.54 Å². The maximum Gasteiger partial charge on any atom is 0.234 e. The monoisotopic (exact) mass is 268 g/mol. The maximum absolute atomic E-state index is 12.1. The van der Waals surface area contributed by atoms with Crippen LogP contribution in [0.2, 0.25) is 0 Å². The van der Waals surface area contributed by atoms with Crippen molar-refractivity contribution in [3.63, 3.8) is 0 Å². The Bertz CT molecular complexity index is 277. The molecule has 0 aromatic rings. The van der Waals surface area contributed by atoms with E-state index in [1.54, 1.807) is 0 Å². The van der Waals surface area contributed by atoms with Gasteiger partial charge in [-0.2, -0.15) is 0 Å². The van der Waals surface area contributed by atoms with Gasteiger partial charge >= 0.3 is 0 Å². The van der Waals surface area contributed by atoms with Crippen LogP contribution in [0, 0.1) is 0 Å². The van der Waals surface area contributed by atoms with Crippen LogP contribution in [0.15, 0.2) is 0 Å². The zero-order chi connectivity index (χ0) is 13.5. The molecule has 0 spiro atoms. The molecule has 1 aliphatic heterocycles. The fraction of sp³-hybridized carbons (Fsp3) is 0.933. The highest BCUT2D eigenvalue weighted by Crippen LogP contribution is 2.21. The van der Waals surface area contributed by atoms with Crippen LogP contribution in [0.25, 0.3) is 0 Å². The van der Waals surface area contributed by atoms with Crippen LogP contribution in [0.4, 0.5) is 0 Å². The molecule has 0 bridgehead atoms. The molecule has 2 fully saturated rings. The van der Waals surface area contributed by atoms with Gasteiger partial charge in [-0.25, -0.2) is 0 Å². The Kier molecular flexibility index (Phi) is 6.11. The van der Waals surface area contributed by atoms with Gasteiger partial charge in [0.1, 0.15) is 0 Å². The quantitative estimate of drug-likeness (QED) is 0.770. The number of amides is 1. The molecular formula is C15H28N2O2. The normalized spacial score (nSPS) is 25.6. The van der Waals surface area contributed by atoms with E-state index in [1.165, 1.54) is 32.1 Å². The molecule has 110 valence electrons. The number of carbonyl (C=O) groups excluding carboxylic acids is 1. The summed E-state index contributed by atoms with van der Waals surface area (Å²) in [5.41, 5.74) is 0. The highest BCUT2D eigenvalue weighted by atomic mass is 16.3. The number of carbonyl (C=O) groups is 1. The largest absolute Gasteiger partial charge is 0.396 e. The van der Waals surface area contributed by atoms with E-state index in [0.717, 1.165) is 32.2 Å². The van der Waals surface area contributed by atoms with Crippen molar-refractivity contribution in [1.29, 1.82) is 0 Å². The summed E-state index contributed by atoms with van der Waals surface area (Å²) in [5, 5.41) is 12.1. The second kappa shape index (κ2) is 7.85. The lowest BCUT2D eigenvalue weighted by Crippen LogP contribution is -2.44. The summed E-state index contributed by atoms with van der Waals surface area (Å²) >= 11 is 0. The molecule has 2 N–H and O–H groups in total. The summed E-state index contributed by atoms with van der Waals surface area (Å²) in [6.45, 7) is 1.85. The van der Waals surface area contributed by atoms with Crippen LogP contribution < -0.4 is 5.32 Å². The van der Waals surface area contributed by atoms with E-state index in [0.29, 0.717) is 18.6 Å². The number of nitrogens with one attached hydrogen (secondary N) is 1. The number of hydrogen-bond donors (Lipinski definition) is 2. The van der Waals surface area contributed by atoms with Crippen LogP contribution in [0.5, 0.6) is 0 Å². The van der Waals surface area contributed by atoms with Gasteiger partial charge in [-0.15, -0.1) is 0 Å². The van der Waals surface area contributed by atoms with Crippen molar-refractivity contribution in [2.45, 2.75) is 69.9 Å². The number of hydrogen-bond acceptors (Lipinski definition) is 3. The number of aliphatic hydroxyl groups excluding tert-OH is 1. The highest BCUT2D eigenvalue weighted by Gasteiger charge is 2.26. The molecular weight excluding hydrogens is 240 g/mol. The molecule has 1 unspecified atom stereocenters. The lowest BCUT2D eigenvalue weighted by atomic mass is 9.95. The zero-order valence-electron chi connectivity index (χ0n) is 11.9. The first-order valence-electron chi connectivity index (χ1n) is 7.94. The first-order chi connectivity index (χ1) is 9.29. The summed E-state index contributed by atoms with van der Waals surface area (Å²) in [7, 11) is 0. The van der Waals surface area contributed by atoms with Crippen molar-refractivity contribution in [1.82, 2.24) is 10.2 Å². The predicted molar refractivity (Wildman–Crippen MR) is 75.9 cm³/mol. The van der Waals surface area contributed by atoms with E-state index in [2.05, 4.69) is 10.2 Å². The second-order valence-corrected chi connectivity index (χ2v) is 6.03. The predicted octanol–water partition coefficient (Wildman–Crippen LogP) is 1.67. The maximum atomic E-state index is 12.1. The molecule has 4 heteroatoms. The third-order valence-corrected chi connectivity index (χ3v) is 4.51. The Morgan fingerprint density at radius 3 is 2.68 bits per heavy atom. The van der Waals surface area contributed by atoms with E-state index in [-0.39, 0.29) is 12.5 Å². The minimum atomic E-state index is 0.197. The molecule has 1 saturated carbocycles. The molecule has 1 amide bonds. The van der Waals surface area contributed by atoms with Gasteiger partial charge in [0.25, 0.3) is 0 Å². The van der Waals surface area contributed by atoms with Crippen LogP contribution in [0.3, 0.4) is 0 Å². The van der Waals surface area contributed by atoms with E-state index in [4.69, 9.17) is 5.11 Å². The van der Waals surface area contributed by atoms with Crippen molar-refractivity contribution in [3.05, 3.63) is 0 Å².